The van der Waals surface area contributed by atoms with Crippen molar-refractivity contribution in [2.45, 2.75) is 17.9 Å². The maximum absolute atomic E-state index is 13.2. The van der Waals surface area contributed by atoms with Crippen LogP contribution in [0.1, 0.15) is 15.8 Å². The fourth-order valence-electron chi connectivity index (χ4n) is 4.31. The lowest BCUT2D eigenvalue weighted by Gasteiger charge is -2.37. The first-order valence-electron chi connectivity index (χ1n) is 11.1. The van der Waals surface area contributed by atoms with Crippen LogP contribution in [0.25, 0.3) is 10.9 Å². The highest BCUT2D eigenvalue weighted by Crippen LogP contribution is 2.26. The monoisotopic (exact) mass is 533 g/mol. The summed E-state index contributed by atoms with van der Waals surface area (Å²) in [5.41, 5.74) is 1.86. The van der Waals surface area contributed by atoms with Crippen LogP contribution in [0.2, 0.25) is 5.02 Å². The minimum absolute atomic E-state index is 0. The summed E-state index contributed by atoms with van der Waals surface area (Å²) in [5, 5.41) is 3.73. The molecule has 0 bridgehead atoms. The van der Waals surface area contributed by atoms with Gasteiger partial charge in [-0.15, -0.1) is 11.3 Å². The van der Waals surface area contributed by atoms with Crippen LogP contribution in [0, 0.1) is 0 Å². The van der Waals surface area contributed by atoms with Gasteiger partial charge in [0.05, 0.1) is 10.4 Å². The number of carbonyl (C=O) groups is 1. The van der Waals surface area contributed by atoms with Gasteiger partial charge in [-0.25, -0.2) is 13.4 Å². The Kier molecular flexibility index (Phi) is 6.43. The number of amides is 1. The molecule has 4 aromatic rings. The average Bonchev–Trinajstić information content (AvgIpc) is 3.52. The van der Waals surface area contributed by atoms with Gasteiger partial charge in [0.25, 0.3) is 10.0 Å². The second-order valence-electron chi connectivity index (χ2n) is 8.35. The second-order valence-corrected chi connectivity index (χ2v) is 11.4. The lowest BCUT2D eigenvalue weighted by molar-refractivity contribution is -0.134. The predicted molar refractivity (Wildman–Crippen MR) is 144 cm³/mol. The van der Waals surface area contributed by atoms with E-state index in [1.807, 2.05) is 46.9 Å². The molecule has 1 fully saturated rings. The lowest BCUT2D eigenvalue weighted by Crippen LogP contribution is -2.50. The third-order valence-corrected chi connectivity index (χ3v) is 8.63. The molecule has 5 rings (SSSR count). The van der Waals surface area contributed by atoms with Crippen LogP contribution >= 0.6 is 22.9 Å². The molecule has 2 aromatic carbocycles. The molecule has 1 aliphatic rings. The molecule has 35 heavy (non-hydrogen) atoms. The van der Waals surface area contributed by atoms with Crippen molar-refractivity contribution < 1.29 is 16.1 Å². The van der Waals surface area contributed by atoms with Crippen molar-refractivity contribution in [3.8, 4) is 0 Å². The highest BCUT2D eigenvalue weighted by molar-refractivity contribution is 7.93. The summed E-state index contributed by atoms with van der Waals surface area (Å²) < 4.78 is 29.6. The number of hydrogen-bond acceptors (Lipinski definition) is 6. The van der Waals surface area contributed by atoms with Gasteiger partial charge >= 0.3 is 0 Å². The van der Waals surface area contributed by atoms with Crippen molar-refractivity contribution in [1.82, 2.24) is 14.5 Å². The van der Waals surface area contributed by atoms with E-state index >= 15 is 0 Å². The number of halogens is 1. The molecule has 0 radical (unpaired) electrons. The highest BCUT2D eigenvalue weighted by atomic mass is 35.5. The zero-order valence-electron chi connectivity index (χ0n) is 19.0. The molecule has 3 heterocycles. The first-order chi connectivity index (χ1) is 16.8. The van der Waals surface area contributed by atoms with Crippen LogP contribution in [0.4, 0.5) is 10.8 Å². The van der Waals surface area contributed by atoms with Crippen molar-refractivity contribution >= 4 is 60.6 Å². The number of thiazole rings is 1. The van der Waals surface area contributed by atoms with Gasteiger partial charge in [0.2, 0.25) is 5.91 Å². The molecule has 8 nitrogen and oxygen atoms in total. The SMILES string of the molecule is C[C@@H](C(=O)N1CCN(c2ccc(S(=O)(=O)Nc3nccs3)cc2)CC1)n1ccc2ccc(Cl)cc21.[HH].[HH]. The Labute approximate surface area is 215 Å². The fraction of sp³-hybridized carbons (Fsp3) is 0.250. The molecule has 0 saturated carbocycles. The summed E-state index contributed by atoms with van der Waals surface area (Å²) in [5.74, 6) is 0.0665. The molecule has 0 unspecified atom stereocenters. The molecular formula is C24H28ClN5O3S2. The highest BCUT2D eigenvalue weighted by Gasteiger charge is 2.27. The van der Waals surface area contributed by atoms with E-state index in [2.05, 4.69) is 14.6 Å². The molecule has 1 N–H and O–H groups in total. The molecule has 1 amide bonds. The van der Waals surface area contributed by atoms with E-state index in [0.29, 0.717) is 36.3 Å². The summed E-state index contributed by atoms with van der Waals surface area (Å²) in [6, 6.07) is 14.1. The van der Waals surface area contributed by atoms with E-state index in [4.69, 9.17) is 11.6 Å². The smallest absolute Gasteiger partial charge is 0.263 e. The maximum Gasteiger partial charge on any atom is 0.263 e. The number of hydrogen-bond donors (Lipinski definition) is 1. The Hall–Kier alpha value is -3.08. The largest absolute Gasteiger partial charge is 0.368 e. The molecule has 1 atom stereocenters. The Morgan fingerprint density at radius 3 is 2.54 bits per heavy atom. The van der Waals surface area contributed by atoms with Crippen LogP contribution < -0.4 is 9.62 Å². The van der Waals surface area contributed by atoms with Crippen molar-refractivity contribution in [1.29, 1.82) is 0 Å². The normalized spacial score (nSPS) is 15.4. The number of benzene rings is 2. The van der Waals surface area contributed by atoms with Crippen LogP contribution in [-0.4, -0.2) is 55.0 Å². The van der Waals surface area contributed by atoms with E-state index in [1.165, 1.54) is 11.3 Å². The molecular weight excluding hydrogens is 506 g/mol. The number of carbonyl (C=O) groups excluding carboxylic acids is 1. The van der Waals surface area contributed by atoms with E-state index in [9.17, 15) is 13.2 Å². The molecule has 0 aliphatic carbocycles. The first-order valence-corrected chi connectivity index (χ1v) is 13.9. The van der Waals surface area contributed by atoms with Gasteiger partial charge in [0, 0.05) is 57.5 Å². The molecule has 2 aromatic heterocycles. The number of nitrogens with zero attached hydrogens (tertiary/aromatic N) is 4. The van der Waals surface area contributed by atoms with Gasteiger partial charge in [-0.1, -0.05) is 17.7 Å². The Balaban J connectivity index is 0.00000190. The molecule has 1 aliphatic heterocycles. The van der Waals surface area contributed by atoms with Gasteiger partial charge in [0.15, 0.2) is 5.13 Å². The number of fused-ring (bicyclic) bond motifs is 1. The molecule has 0 spiro atoms. The fourth-order valence-corrected chi connectivity index (χ4v) is 6.27. The number of rotatable bonds is 6. The summed E-state index contributed by atoms with van der Waals surface area (Å²) in [6.45, 7) is 4.43. The third-order valence-electron chi connectivity index (χ3n) is 6.22. The van der Waals surface area contributed by atoms with E-state index in [0.717, 1.165) is 16.6 Å². The lowest BCUT2D eigenvalue weighted by atomic mass is 10.2. The molecule has 186 valence electrons. The number of piperazine rings is 1. The Morgan fingerprint density at radius 1 is 1.11 bits per heavy atom. The number of sulfonamides is 1. The summed E-state index contributed by atoms with van der Waals surface area (Å²) >= 11 is 7.39. The van der Waals surface area contributed by atoms with Crippen LogP contribution in [0.15, 0.2) is 71.2 Å². The van der Waals surface area contributed by atoms with Crippen molar-refractivity contribution in [3.63, 3.8) is 0 Å². The topological polar surface area (TPSA) is 87.5 Å². The molecule has 1 saturated heterocycles. The number of nitrogens with one attached hydrogen (secondary N) is 1. The number of aromatic nitrogens is 2. The minimum Gasteiger partial charge on any atom is -0.368 e. The number of anilines is 2. The zero-order valence-corrected chi connectivity index (χ0v) is 21.4. The van der Waals surface area contributed by atoms with E-state index in [1.54, 1.807) is 35.8 Å². The predicted octanol–water partition coefficient (Wildman–Crippen LogP) is 4.95. The van der Waals surface area contributed by atoms with Crippen molar-refractivity contribution in [3.05, 3.63) is 71.3 Å². The standard InChI is InChI=1S/C24H24ClN5O3S2.2H2/c1-17(30-10-8-18-2-3-19(25)16-22(18)30)23(31)29-13-11-28(12-14-29)20-4-6-21(7-5-20)35(32,33)27-24-26-9-15-34-24;;/h2-10,15-17H,11-14H2,1H3,(H,26,27);2*1H/t17-;;/m0../s1. The van der Waals surface area contributed by atoms with Crippen molar-refractivity contribution in [2.75, 3.05) is 35.8 Å². The van der Waals surface area contributed by atoms with Gasteiger partial charge in [-0.05, 0) is 54.8 Å². The maximum atomic E-state index is 13.2. The van der Waals surface area contributed by atoms with Crippen LogP contribution in [0.5, 0.6) is 0 Å². The summed E-state index contributed by atoms with van der Waals surface area (Å²) in [4.78, 5) is 21.4. The minimum atomic E-state index is -3.68. The van der Waals surface area contributed by atoms with E-state index in [-0.39, 0.29) is 19.7 Å². The average molecular weight is 534 g/mol. The van der Waals surface area contributed by atoms with Gasteiger partial charge in [-0.3, -0.25) is 9.52 Å². The zero-order chi connectivity index (χ0) is 24.6. The molecule has 11 heteroatoms. The van der Waals surface area contributed by atoms with Gasteiger partial charge in [-0.2, -0.15) is 0 Å². The quantitative estimate of drug-likeness (QED) is 0.379. The van der Waals surface area contributed by atoms with Crippen LogP contribution in [0.3, 0.4) is 0 Å². The third kappa shape index (κ3) is 4.86. The van der Waals surface area contributed by atoms with Crippen molar-refractivity contribution in [2.24, 2.45) is 0 Å². The van der Waals surface area contributed by atoms with Gasteiger partial charge in [0.1, 0.15) is 6.04 Å². The van der Waals surface area contributed by atoms with Crippen LogP contribution in [-0.2, 0) is 14.8 Å². The Morgan fingerprint density at radius 2 is 1.86 bits per heavy atom. The van der Waals surface area contributed by atoms with E-state index < -0.39 is 10.0 Å². The first kappa shape index (κ1) is 23.7. The second kappa shape index (κ2) is 9.52. The summed E-state index contributed by atoms with van der Waals surface area (Å²) in [6.07, 6.45) is 3.48. The summed E-state index contributed by atoms with van der Waals surface area (Å²) in [7, 11) is -3.68. The Bertz CT molecular complexity index is 1460. The van der Waals surface area contributed by atoms with Gasteiger partial charge < -0.3 is 14.4 Å².